The Balaban J connectivity index is 2.58. The summed E-state index contributed by atoms with van der Waals surface area (Å²) in [5, 5.41) is 1.03. The van der Waals surface area contributed by atoms with E-state index in [1.807, 2.05) is 6.20 Å². The molecular weight excluding hydrogens is 230 g/mol. The first-order chi connectivity index (χ1) is 8.13. The molecule has 0 fully saturated rings. The third-order valence-electron chi connectivity index (χ3n) is 2.72. The van der Waals surface area contributed by atoms with Crippen LogP contribution in [-0.2, 0) is 0 Å². The summed E-state index contributed by atoms with van der Waals surface area (Å²) in [6.45, 7) is 6.42. The molecule has 2 aromatic rings. The number of thiazole rings is 1. The van der Waals surface area contributed by atoms with Crippen LogP contribution >= 0.6 is 11.3 Å². The molecule has 3 heteroatoms. The van der Waals surface area contributed by atoms with Gasteiger partial charge in [0.05, 0.1) is 12.7 Å². The van der Waals surface area contributed by atoms with Crippen LogP contribution in [-0.4, -0.2) is 12.1 Å². The second kappa shape index (κ2) is 4.88. The van der Waals surface area contributed by atoms with Gasteiger partial charge in [-0.15, -0.1) is 11.3 Å². The number of hydrogen-bond acceptors (Lipinski definition) is 3. The fourth-order valence-electron chi connectivity index (χ4n) is 1.88. The Hall–Kier alpha value is -1.35. The first-order valence-corrected chi connectivity index (χ1v) is 6.54. The minimum Gasteiger partial charge on any atom is -0.496 e. The Labute approximate surface area is 106 Å². The predicted molar refractivity (Wildman–Crippen MR) is 72.9 cm³/mol. The van der Waals surface area contributed by atoms with Crippen molar-refractivity contribution in [3.63, 3.8) is 0 Å². The van der Waals surface area contributed by atoms with E-state index >= 15 is 0 Å². The Kier molecular flexibility index (Phi) is 3.48. The average Bonchev–Trinajstić information content (AvgIpc) is 2.74. The molecule has 0 atom stereocenters. The highest BCUT2D eigenvalue weighted by Crippen LogP contribution is 2.37. The number of ether oxygens (including phenoxy) is 1. The molecule has 0 spiro atoms. The van der Waals surface area contributed by atoms with Crippen LogP contribution in [0.15, 0.2) is 24.4 Å². The summed E-state index contributed by atoms with van der Waals surface area (Å²) in [7, 11) is 1.73. The summed E-state index contributed by atoms with van der Waals surface area (Å²) in [4.78, 5) is 5.65. The van der Waals surface area contributed by atoms with Gasteiger partial charge in [0.2, 0.25) is 0 Å². The maximum Gasteiger partial charge on any atom is 0.132 e. The van der Waals surface area contributed by atoms with E-state index in [0.717, 1.165) is 16.3 Å². The van der Waals surface area contributed by atoms with Gasteiger partial charge in [-0.1, -0.05) is 26.0 Å². The maximum atomic E-state index is 5.57. The quantitative estimate of drug-likeness (QED) is 0.809. The summed E-state index contributed by atoms with van der Waals surface area (Å²) in [5.41, 5.74) is 2.33. The Morgan fingerprint density at radius 2 is 2.06 bits per heavy atom. The first-order valence-electron chi connectivity index (χ1n) is 5.73. The van der Waals surface area contributed by atoms with E-state index in [2.05, 4.69) is 44.0 Å². The van der Waals surface area contributed by atoms with E-state index < -0.39 is 0 Å². The lowest BCUT2D eigenvalue weighted by molar-refractivity contribution is 0.409. The molecule has 0 amide bonds. The summed E-state index contributed by atoms with van der Waals surface area (Å²) in [5.74, 6) is 1.41. The lowest BCUT2D eigenvalue weighted by atomic mass is 9.99. The van der Waals surface area contributed by atoms with Gasteiger partial charge in [-0.2, -0.15) is 0 Å². The monoisotopic (exact) mass is 247 g/mol. The largest absolute Gasteiger partial charge is 0.496 e. The smallest absolute Gasteiger partial charge is 0.132 e. The van der Waals surface area contributed by atoms with Crippen molar-refractivity contribution in [2.45, 2.75) is 26.7 Å². The van der Waals surface area contributed by atoms with Crippen molar-refractivity contribution in [3.8, 4) is 16.3 Å². The molecular formula is C14H17NOS. The Bertz CT molecular complexity index is 517. The molecule has 0 saturated heterocycles. The van der Waals surface area contributed by atoms with Crippen molar-refractivity contribution in [2.75, 3.05) is 7.11 Å². The lowest BCUT2D eigenvalue weighted by Gasteiger charge is -2.14. The number of nitrogens with zero attached hydrogens (tertiary/aromatic N) is 1. The second-order valence-electron chi connectivity index (χ2n) is 4.36. The molecule has 2 rings (SSSR count). The maximum absolute atomic E-state index is 5.57. The van der Waals surface area contributed by atoms with Crippen LogP contribution in [0.25, 0.3) is 10.6 Å². The first kappa shape index (κ1) is 12.1. The summed E-state index contributed by atoms with van der Waals surface area (Å²) in [6.07, 6.45) is 1.90. The molecule has 0 unspecified atom stereocenters. The van der Waals surface area contributed by atoms with Gasteiger partial charge >= 0.3 is 0 Å². The van der Waals surface area contributed by atoms with Gasteiger partial charge in [0.15, 0.2) is 0 Å². The number of hydrogen-bond donors (Lipinski definition) is 0. The predicted octanol–water partition coefficient (Wildman–Crippen LogP) is 4.25. The number of aryl methyl sites for hydroxylation is 1. The van der Waals surface area contributed by atoms with Crippen molar-refractivity contribution in [1.29, 1.82) is 0 Å². The molecule has 0 aliphatic rings. The van der Waals surface area contributed by atoms with E-state index in [0.29, 0.717) is 5.92 Å². The number of rotatable bonds is 3. The van der Waals surface area contributed by atoms with Crippen LogP contribution in [0.1, 0.15) is 30.2 Å². The van der Waals surface area contributed by atoms with Gasteiger partial charge in [0.25, 0.3) is 0 Å². The van der Waals surface area contributed by atoms with Gasteiger partial charge in [-0.25, -0.2) is 4.98 Å². The number of para-hydroxylation sites is 1. The highest BCUT2D eigenvalue weighted by atomic mass is 32.1. The molecule has 1 heterocycles. The summed E-state index contributed by atoms with van der Waals surface area (Å²) >= 11 is 1.70. The van der Waals surface area contributed by atoms with E-state index in [-0.39, 0.29) is 0 Å². The van der Waals surface area contributed by atoms with E-state index in [1.54, 1.807) is 18.4 Å². The molecule has 0 N–H and O–H groups in total. The SMILES string of the molecule is COc1c(-c2ncc(C)s2)cccc1C(C)C. The normalized spacial score (nSPS) is 10.9. The number of aromatic nitrogens is 1. The molecule has 0 bridgehead atoms. The molecule has 1 aromatic carbocycles. The summed E-state index contributed by atoms with van der Waals surface area (Å²) in [6, 6.07) is 6.26. The average molecular weight is 247 g/mol. The fourth-order valence-corrected chi connectivity index (χ4v) is 2.67. The van der Waals surface area contributed by atoms with Gasteiger partial charge < -0.3 is 4.74 Å². The van der Waals surface area contributed by atoms with Crippen LogP contribution in [0.5, 0.6) is 5.75 Å². The van der Waals surface area contributed by atoms with Gasteiger partial charge in [0, 0.05) is 11.1 Å². The standard InChI is InChI=1S/C14H17NOS/c1-9(2)11-6-5-7-12(13(11)16-4)14-15-8-10(3)17-14/h5-9H,1-4H3. The van der Waals surface area contributed by atoms with Crippen molar-refractivity contribution >= 4 is 11.3 Å². The highest BCUT2D eigenvalue weighted by molar-refractivity contribution is 7.15. The van der Waals surface area contributed by atoms with Crippen molar-refractivity contribution in [1.82, 2.24) is 4.98 Å². The summed E-state index contributed by atoms with van der Waals surface area (Å²) < 4.78 is 5.57. The van der Waals surface area contributed by atoms with E-state index in [1.165, 1.54) is 10.4 Å². The molecule has 0 aliphatic heterocycles. The molecule has 0 aliphatic carbocycles. The van der Waals surface area contributed by atoms with Gasteiger partial charge in [-0.05, 0) is 24.5 Å². The minimum atomic E-state index is 0.450. The fraction of sp³-hybridized carbons (Fsp3) is 0.357. The Morgan fingerprint density at radius 3 is 2.59 bits per heavy atom. The topological polar surface area (TPSA) is 22.1 Å². The second-order valence-corrected chi connectivity index (χ2v) is 5.59. The van der Waals surface area contributed by atoms with Crippen LogP contribution in [0, 0.1) is 6.92 Å². The van der Waals surface area contributed by atoms with Crippen molar-refractivity contribution < 1.29 is 4.74 Å². The Morgan fingerprint density at radius 1 is 1.29 bits per heavy atom. The van der Waals surface area contributed by atoms with Crippen LogP contribution in [0.3, 0.4) is 0 Å². The molecule has 1 aromatic heterocycles. The van der Waals surface area contributed by atoms with Crippen LogP contribution < -0.4 is 4.74 Å². The number of methoxy groups -OCH3 is 1. The van der Waals surface area contributed by atoms with Gasteiger partial charge in [0.1, 0.15) is 10.8 Å². The lowest BCUT2D eigenvalue weighted by Crippen LogP contribution is -1.96. The van der Waals surface area contributed by atoms with Gasteiger partial charge in [-0.3, -0.25) is 0 Å². The van der Waals surface area contributed by atoms with Crippen LogP contribution in [0.4, 0.5) is 0 Å². The van der Waals surface area contributed by atoms with Crippen molar-refractivity contribution in [2.24, 2.45) is 0 Å². The van der Waals surface area contributed by atoms with E-state index in [4.69, 9.17) is 4.74 Å². The highest BCUT2D eigenvalue weighted by Gasteiger charge is 2.14. The third-order valence-corrected chi connectivity index (χ3v) is 3.67. The molecule has 0 radical (unpaired) electrons. The third kappa shape index (κ3) is 2.34. The number of benzene rings is 1. The molecule has 17 heavy (non-hydrogen) atoms. The van der Waals surface area contributed by atoms with E-state index in [9.17, 15) is 0 Å². The minimum absolute atomic E-state index is 0.450. The molecule has 90 valence electrons. The molecule has 0 saturated carbocycles. The zero-order valence-corrected chi connectivity index (χ0v) is 11.5. The zero-order chi connectivity index (χ0) is 12.4. The van der Waals surface area contributed by atoms with Crippen LogP contribution in [0.2, 0.25) is 0 Å². The molecule has 2 nitrogen and oxygen atoms in total. The zero-order valence-electron chi connectivity index (χ0n) is 10.7. The van der Waals surface area contributed by atoms with Crippen molar-refractivity contribution in [3.05, 3.63) is 34.8 Å².